The summed E-state index contributed by atoms with van der Waals surface area (Å²) in [7, 11) is 0. The van der Waals surface area contributed by atoms with Crippen molar-refractivity contribution in [2.45, 2.75) is 20.0 Å². The molecule has 0 aliphatic carbocycles. The molecular weight excluding hydrogens is 278 g/mol. The summed E-state index contributed by atoms with van der Waals surface area (Å²) in [5.74, 6) is -0.678. The summed E-state index contributed by atoms with van der Waals surface area (Å²) in [6.07, 6.45) is 1.58. The first-order valence-electron chi connectivity index (χ1n) is 5.99. The number of esters is 1. The lowest BCUT2D eigenvalue weighted by Crippen LogP contribution is -2.30. The van der Waals surface area contributed by atoms with E-state index in [1.165, 1.54) is 25.4 Å². The molecule has 2 aromatic rings. The van der Waals surface area contributed by atoms with E-state index in [0.29, 0.717) is 5.76 Å². The second-order valence-electron chi connectivity index (χ2n) is 4.15. The van der Waals surface area contributed by atoms with E-state index in [0.717, 1.165) is 0 Å². The number of rotatable bonds is 4. The molecule has 9 nitrogen and oxygen atoms in total. The lowest BCUT2D eigenvalue weighted by Gasteiger charge is -2.12. The Morgan fingerprint density at radius 3 is 2.71 bits per heavy atom. The molecule has 0 bridgehead atoms. The topological polar surface area (TPSA) is 133 Å². The third-order valence-electron chi connectivity index (χ3n) is 2.45. The molecule has 0 radical (unpaired) electrons. The monoisotopic (exact) mass is 291 g/mol. The first kappa shape index (κ1) is 14.4. The molecule has 0 saturated heterocycles. The van der Waals surface area contributed by atoms with Crippen molar-refractivity contribution in [2.75, 3.05) is 11.1 Å². The van der Waals surface area contributed by atoms with Gasteiger partial charge in [0.1, 0.15) is 5.76 Å². The van der Waals surface area contributed by atoms with Gasteiger partial charge in [0, 0.05) is 18.5 Å². The number of nitrogens with two attached hydrogens (primary N) is 1. The number of hydrogen-bond donors (Lipinski definition) is 2. The van der Waals surface area contributed by atoms with E-state index in [1.807, 2.05) is 0 Å². The largest absolute Gasteiger partial charge is 0.448 e. The predicted molar refractivity (Wildman–Crippen MR) is 71.2 cm³/mol. The van der Waals surface area contributed by atoms with Crippen LogP contribution >= 0.6 is 0 Å². The lowest BCUT2D eigenvalue weighted by molar-refractivity contribution is -0.123. The molecular formula is C12H13N5O4. The van der Waals surface area contributed by atoms with Gasteiger partial charge in [-0.15, -0.1) is 0 Å². The highest BCUT2D eigenvalue weighted by atomic mass is 16.5. The summed E-state index contributed by atoms with van der Waals surface area (Å²) in [6, 6.07) is 1.53. The van der Waals surface area contributed by atoms with Crippen LogP contribution in [0.5, 0.6) is 0 Å². The minimum absolute atomic E-state index is 0.0674. The second kappa shape index (κ2) is 5.99. The van der Waals surface area contributed by atoms with Crippen molar-refractivity contribution in [1.82, 2.24) is 15.1 Å². The Kier molecular flexibility index (Phi) is 4.12. The lowest BCUT2D eigenvalue weighted by atomic mass is 10.3. The third-order valence-corrected chi connectivity index (χ3v) is 2.45. The first-order valence-corrected chi connectivity index (χ1v) is 5.99. The van der Waals surface area contributed by atoms with E-state index in [1.54, 1.807) is 6.92 Å². The van der Waals surface area contributed by atoms with Crippen molar-refractivity contribution < 1.29 is 18.8 Å². The summed E-state index contributed by atoms with van der Waals surface area (Å²) in [4.78, 5) is 31.1. The highest BCUT2D eigenvalue weighted by Gasteiger charge is 2.22. The molecule has 1 amide bonds. The molecule has 1 unspecified atom stereocenters. The average Bonchev–Trinajstić information content (AvgIpc) is 2.84. The SMILES string of the molecule is Cc1cc(NC(=O)C(C)OC(=O)c2nccnc2N)no1. The van der Waals surface area contributed by atoms with Crippen LogP contribution in [-0.4, -0.2) is 33.1 Å². The normalized spacial score (nSPS) is 11.7. The molecule has 2 aromatic heterocycles. The standard InChI is InChI=1S/C12H13N5O4/c1-6-5-8(17-21-6)16-11(18)7(2)20-12(19)9-10(13)15-4-3-14-9/h3-5,7H,1-2H3,(H2,13,15)(H,16,17,18). The predicted octanol–water partition coefficient (Wildman–Crippen LogP) is 0.539. The number of amides is 1. The molecule has 2 rings (SSSR count). The molecule has 9 heteroatoms. The molecule has 0 spiro atoms. The van der Waals surface area contributed by atoms with Gasteiger partial charge in [0.05, 0.1) is 0 Å². The molecule has 3 N–H and O–H groups in total. The van der Waals surface area contributed by atoms with Crippen LogP contribution in [0.25, 0.3) is 0 Å². The van der Waals surface area contributed by atoms with Crippen LogP contribution in [0, 0.1) is 6.92 Å². The Morgan fingerprint density at radius 2 is 2.10 bits per heavy atom. The van der Waals surface area contributed by atoms with E-state index in [9.17, 15) is 9.59 Å². The van der Waals surface area contributed by atoms with Gasteiger partial charge in [-0.25, -0.2) is 14.8 Å². The van der Waals surface area contributed by atoms with Gasteiger partial charge in [-0.05, 0) is 13.8 Å². The molecule has 0 fully saturated rings. The summed E-state index contributed by atoms with van der Waals surface area (Å²) in [5.41, 5.74) is 5.36. The molecule has 0 saturated carbocycles. The van der Waals surface area contributed by atoms with Gasteiger partial charge in [-0.1, -0.05) is 5.16 Å². The fourth-order valence-corrected chi connectivity index (χ4v) is 1.43. The smallest absolute Gasteiger partial charge is 0.361 e. The van der Waals surface area contributed by atoms with Crippen LogP contribution in [0.15, 0.2) is 23.0 Å². The Morgan fingerprint density at radius 1 is 1.38 bits per heavy atom. The summed E-state index contributed by atoms with van der Waals surface area (Å²) < 4.78 is 9.77. The zero-order chi connectivity index (χ0) is 15.4. The number of ether oxygens (including phenoxy) is 1. The molecule has 0 aliphatic rings. The van der Waals surface area contributed by atoms with Crippen LogP contribution in [0.1, 0.15) is 23.2 Å². The fourth-order valence-electron chi connectivity index (χ4n) is 1.43. The maximum absolute atomic E-state index is 11.8. The minimum atomic E-state index is -1.06. The summed E-state index contributed by atoms with van der Waals surface area (Å²) >= 11 is 0. The van der Waals surface area contributed by atoms with E-state index in [2.05, 4.69) is 20.4 Å². The molecule has 0 aliphatic heterocycles. The van der Waals surface area contributed by atoms with Crippen LogP contribution in [0.2, 0.25) is 0 Å². The first-order chi connectivity index (χ1) is 9.97. The summed E-state index contributed by atoms with van der Waals surface area (Å²) in [5, 5.41) is 6.05. The highest BCUT2D eigenvalue weighted by Crippen LogP contribution is 2.10. The van der Waals surface area contributed by atoms with Crippen LogP contribution in [-0.2, 0) is 9.53 Å². The Hall–Kier alpha value is -2.97. The van der Waals surface area contributed by atoms with E-state index in [-0.39, 0.29) is 17.3 Å². The Balaban J connectivity index is 1.97. The number of carbonyl (C=O) groups excluding carboxylic acids is 2. The number of hydrogen-bond acceptors (Lipinski definition) is 8. The van der Waals surface area contributed by atoms with Gasteiger partial charge in [0.2, 0.25) is 0 Å². The third kappa shape index (κ3) is 3.53. The highest BCUT2D eigenvalue weighted by molar-refractivity contribution is 5.97. The average molecular weight is 291 g/mol. The number of nitrogens with zero attached hydrogens (tertiary/aromatic N) is 3. The molecule has 0 aromatic carbocycles. The maximum atomic E-state index is 11.8. The van der Waals surface area contributed by atoms with E-state index in [4.69, 9.17) is 15.0 Å². The summed E-state index contributed by atoms with van der Waals surface area (Å²) in [6.45, 7) is 3.09. The van der Waals surface area contributed by atoms with Crippen molar-refractivity contribution in [3.63, 3.8) is 0 Å². The number of nitrogen functional groups attached to an aromatic ring is 1. The van der Waals surface area contributed by atoms with Crippen LogP contribution < -0.4 is 11.1 Å². The zero-order valence-electron chi connectivity index (χ0n) is 11.4. The Bertz CT molecular complexity index is 669. The second-order valence-corrected chi connectivity index (χ2v) is 4.15. The minimum Gasteiger partial charge on any atom is -0.448 e. The van der Waals surface area contributed by atoms with Crippen molar-refractivity contribution in [2.24, 2.45) is 0 Å². The number of nitrogens with one attached hydrogen (secondary N) is 1. The van der Waals surface area contributed by atoms with Crippen molar-refractivity contribution in [3.05, 3.63) is 29.9 Å². The molecule has 21 heavy (non-hydrogen) atoms. The van der Waals surface area contributed by atoms with Gasteiger partial charge >= 0.3 is 5.97 Å². The zero-order valence-corrected chi connectivity index (χ0v) is 11.4. The molecule has 1 atom stereocenters. The van der Waals surface area contributed by atoms with Gasteiger partial charge in [-0.3, -0.25) is 4.79 Å². The number of aryl methyl sites for hydroxylation is 1. The van der Waals surface area contributed by atoms with Gasteiger partial charge in [0.15, 0.2) is 23.4 Å². The number of carbonyl (C=O) groups is 2. The molecule has 110 valence electrons. The molecule has 2 heterocycles. The van der Waals surface area contributed by atoms with Crippen molar-refractivity contribution in [1.29, 1.82) is 0 Å². The van der Waals surface area contributed by atoms with Gasteiger partial charge in [-0.2, -0.15) is 0 Å². The van der Waals surface area contributed by atoms with Crippen molar-refractivity contribution >= 4 is 23.5 Å². The number of anilines is 2. The van der Waals surface area contributed by atoms with Gasteiger partial charge in [0.25, 0.3) is 5.91 Å². The van der Waals surface area contributed by atoms with Crippen LogP contribution in [0.4, 0.5) is 11.6 Å². The fraction of sp³-hybridized carbons (Fsp3) is 0.250. The quantitative estimate of drug-likeness (QED) is 0.779. The van der Waals surface area contributed by atoms with Crippen LogP contribution in [0.3, 0.4) is 0 Å². The van der Waals surface area contributed by atoms with E-state index < -0.39 is 18.0 Å². The Labute approximate surface area is 119 Å². The maximum Gasteiger partial charge on any atom is 0.361 e. The van der Waals surface area contributed by atoms with E-state index >= 15 is 0 Å². The van der Waals surface area contributed by atoms with Crippen molar-refractivity contribution in [3.8, 4) is 0 Å². The van der Waals surface area contributed by atoms with Gasteiger partial charge < -0.3 is 20.3 Å². The number of aromatic nitrogens is 3.